The van der Waals surface area contributed by atoms with Crippen LogP contribution in [-0.2, 0) is 4.79 Å². The molecule has 2 aromatic carbocycles. The normalized spacial score (nSPS) is 17.0. The second-order valence-corrected chi connectivity index (χ2v) is 7.34. The van der Waals surface area contributed by atoms with Gasteiger partial charge in [-0.25, -0.2) is 4.98 Å². The molecule has 0 N–H and O–H groups in total. The Morgan fingerprint density at radius 2 is 2.04 bits per heavy atom. The van der Waals surface area contributed by atoms with Gasteiger partial charge in [0.25, 0.3) is 0 Å². The molecule has 5 heteroatoms. The van der Waals surface area contributed by atoms with Crippen LogP contribution in [0.2, 0.25) is 0 Å². The van der Waals surface area contributed by atoms with Crippen LogP contribution in [0.3, 0.4) is 0 Å². The third kappa shape index (κ3) is 3.24. The van der Waals surface area contributed by atoms with Crippen LogP contribution in [0.25, 0.3) is 16.3 Å². The second kappa shape index (κ2) is 7.11. The van der Waals surface area contributed by atoms with Crippen molar-refractivity contribution in [2.24, 2.45) is 0 Å². The van der Waals surface area contributed by atoms with Crippen LogP contribution >= 0.6 is 11.3 Å². The van der Waals surface area contributed by atoms with E-state index >= 15 is 0 Å². The minimum absolute atomic E-state index is 0.0103. The number of thiazole rings is 1. The van der Waals surface area contributed by atoms with Crippen LogP contribution < -0.4 is 0 Å². The molecule has 3 aromatic rings. The fourth-order valence-electron chi connectivity index (χ4n) is 3.25. The number of para-hydroxylation sites is 1. The molecule has 1 amide bonds. The molecule has 0 bridgehead atoms. The van der Waals surface area contributed by atoms with Crippen molar-refractivity contribution in [1.82, 2.24) is 9.88 Å². The van der Waals surface area contributed by atoms with Crippen LogP contribution in [0.1, 0.15) is 35.0 Å². The van der Waals surface area contributed by atoms with Gasteiger partial charge in [0.1, 0.15) is 5.01 Å². The topological polar surface area (TPSA) is 57.0 Å². The van der Waals surface area contributed by atoms with Crippen molar-refractivity contribution in [1.29, 1.82) is 5.26 Å². The van der Waals surface area contributed by atoms with E-state index in [2.05, 4.69) is 12.1 Å². The van der Waals surface area contributed by atoms with Gasteiger partial charge in [0, 0.05) is 12.6 Å². The summed E-state index contributed by atoms with van der Waals surface area (Å²) < 4.78 is 1.16. The standard InChI is InChI=1S/C21H17N3OS/c22-14-16-9-7-15(8-10-16)11-12-20(25)24-13-3-5-18(24)21-23-17-4-1-2-6-19(17)26-21/h1-2,4,6-12,18H,3,5,13H2/b12-11+/t18-/m0/s1. The van der Waals surface area contributed by atoms with Crippen molar-refractivity contribution in [3.8, 4) is 6.07 Å². The quantitative estimate of drug-likeness (QED) is 0.645. The van der Waals surface area contributed by atoms with Gasteiger partial charge in [0.05, 0.1) is 27.9 Å². The van der Waals surface area contributed by atoms with Gasteiger partial charge in [-0.2, -0.15) is 5.26 Å². The van der Waals surface area contributed by atoms with E-state index in [1.165, 1.54) is 0 Å². The van der Waals surface area contributed by atoms with Crippen molar-refractivity contribution in [2.45, 2.75) is 18.9 Å². The number of rotatable bonds is 3. The van der Waals surface area contributed by atoms with Crippen molar-refractivity contribution < 1.29 is 4.79 Å². The Bertz CT molecular complexity index is 981. The summed E-state index contributed by atoms with van der Waals surface area (Å²) in [5.41, 5.74) is 2.52. The molecule has 1 aliphatic rings. The number of benzene rings is 2. The van der Waals surface area contributed by atoms with Crippen LogP contribution in [0, 0.1) is 11.3 Å². The predicted octanol–water partition coefficient (Wildman–Crippen LogP) is 4.54. The van der Waals surface area contributed by atoms with Crippen LogP contribution in [0.4, 0.5) is 0 Å². The van der Waals surface area contributed by atoms with E-state index in [0.717, 1.165) is 40.2 Å². The van der Waals surface area contributed by atoms with Gasteiger partial charge in [0.15, 0.2) is 0 Å². The Balaban J connectivity index is 1.52. The van der Waals surface area contributed by atoms with E-state index in [4.69, 9.17) is 10.2 Å². The van der Waals surface area contributed by atoms with Gasteiger partial charge < -0.3 is 4.90 Å². The minimum atomic E-state index is 0.0103. The predicted molar refractivity (Wildman–Crippen MR) is 103 cm³/mol. The summed E-state index contributed by atoms with van der Waals surface area (Å²) in [4.78, 5) is 19.4. The SMILES string of the molecule is N#Cc1ccc(/C=C/C(=O)N2CCC[C@H]2c2nc3ccccc3s2)cc1. The number of nitriles is 1. The average molecular weight is 359 g/mol. The summed E-state index contributed by atoms with van der Waals surface area (Å²) in [6.07, 6.45) is 5.37. The molecule has 1 aromatic heterocycles. The summed E-state index contributed by atoms with van der Waals surface area (Å²) in [6, 6.07) is 17.4. The number of amides is 1. The lowest BCUT2D eigenvalue weighted by Gasteiger charge is -2.21. The van der Waals surface area contributed by atoms with Gasteiger partial charge in [-0.05, 0) is 48.7 Å². The second-order valence-electron chi connectivity index (χ2n) is 6.28. The van der Waals surface area contributed by atoms with Gasteiger partial charge in [-0.3, -0.25) is 4.79 Å². The van der Waals surface area contributed by atoms with E-state index in [0.29, 0.717) is 5.56 Å². The molecule has 1 aliphatic heterocycles. The third-order valence-corrected chi connectivity index (χ3v) is 5.73. The first kappa shape index (κ1) is 16.5. The number of likely N-dealkylation sites (tertiary alicyclic amines) is 1. The number of hydrogen-bond acceptors (Lipinski definition) is 4. The monoisotopic (exact) mass is 359 g/mol. The fourth-order valence-corrected chi connectivity index (χ4v) is 4.37. The average Bonchev–Trinajstić information content (AvgIpc) is 3.32. The van der Waals surface area contributed by atoms with E-state index < -0.39 is 0 Å². The molecule has 0 aliphatic carbocycles. The summed E-state index contributed by atoms with van der Waals surface area (Å²) in [7, 11) is 0. The highest BCUT2D eigenvalue weighted by atomic mass is 32.1. The summed E-state index contributed by atoms with van der Waals surface area (Å²) in [6.45, 7) is 0.761. The zero-order chi connectivity index (χ0) is 17.9. The lowest BCUT2D eigenvalue weighted by molar-refractivity contribution is -0.126. The summed E-state index contributed by atoms with van der Waals surface area (Å²) in [5, 5.41) is 9.86. The summed E-state index contributed by atoms with van der Waals surface area (Å²) in [5.74, 6) is 0.0103. The maximum atomic E-state index is 12.7. The summed E-state index contributed by atoms with van der Waals surface area (Å²) >= 11 is 1.67. The molecule has 0 saturated carbocycles. The molecule has 0 spiro atoms. The Kier molecular flexibility index (Phi) is 4.51. The van der Waals surface area contributed by atoms with Crippen molar-refractivity contribution in [2.75, 3.05) is 6.54 Å². The van der Waals surface area contributed by atoms with Gasteiger partial charge in [0.2, 0.25) is 5.91 Å². The Hall–Kier alpha value is -2.97. The first-order valence-corrected chi connectivity index (χ1v) is 9.40. The van der Waals surface area contributed by atoms with Crippen molar-refractivity contribution >= 4 is 33.5 Å². The number of carbonyl (C=O) groups is 1. The molecular weight excluding hydrogens is 342 g/mol. The molecule has 128 valence electrons. The molecule has 1 saturated heterocycles. The highest BCUT2D eigenvalue weighted by Crippen LogP contribution is 2.36. The first-order chi connectivity index (χ1) is 12.7. The maximum absolute atomic E-state index is 12.7. The molecule has 0 unspecified atom stereocenters. The van der Waals surface area contributed by atoms with Gasteiger partial charge in [-0.1, -0.05) is 24.3 Å². The highest BCUT2D eigenvalue weighted by Gasteiger charge is 2.31. The zero-order valence-corrected chi connectivity index (χ0v) is 14.9. The van der Waals surface area contributed by atoms with Crippen LogP contribution in [-0.4, -0.2) is 22.3 Å². The zero-order valence-electron chi connectivity index (χ0n) is 14.1. The smallest absolute Gasteiger partial charge is 0.247 e. The number of fused-ring (bicyclic) bond motifs is 1. The van der Waals surface area contributed by atoms with Gasteiger partial charge in [-0.15, -0.1) is 11.3 Å². The van der Waals surface area contributed by atoms with Gasteiger partial charge >= 0.3 is 0 Å². The third-order valence-electron chi connectivity index (χ3n) is 4.59. The Morgan fingerprint density at radius 3 is 2.81 bits per heavy atom. The Morgan fingerprint density at radius 1 is 1.23 bits per heavy atom. The lowest BCUT2D eigenvalue weighted by atomic mass is 10.1. The fraction of sp³-hybridized carbons (Fsp3) is 0.190. The Labute approximate surface area is 156 Å². The highest BCUT2D eigenvalue weighted by molar-refractivity contribution is 7.18. The molecule has 4 rings (SSSR count). The van der Waals surface area contributed by atoms with E-state index in [-0.39, 0.29) is 11.9 Å². The molecule has 2 heterocycles. The van der Waals surface area contributed by atoms with E-state index in [1.54, 1.807) is 35.6 Å². The maximum Gasteiger partial charge on any atom is 0.247 e. The number of carbonyl (C=O) groups excluding carboxylic acids is 1. The molecular formula is C21H17N3OS. The minimum Gasteiger partial charge on any atom is -0.330 e. The molecule has 26 heavy (non-hydrogen) atoms. The lowest BCUT2D eigenvalue weighted by Crippen LogP contribution is -2.28. The van der Waals surface area contributed by atoms with E-state index in [1.807, 2.05) is 35.2 Å². The van der Waals surface area contributed by atoms with Crippen LogP contribution in [0.5, 0.6) is 0 Å². The number of hydrogen-bond donors (Lipinski definition) is 0. The van der Waals surface area contributed by atoms with E-state index in [9.17, 15) is 4.79 Å². The largest absolute Gasteiger partial charge is 0.330 e. The molecule has 1 atom stereocenters. The first-order valence-electron chi connectivity index (χ1n) is 8.59. The molecule has 4 nitrogen and oxygen atoms in total. The number of nitrogens with zero attached hydrogens (tertiary/aromatic N) is 3. The molecule has 0 radical (unpaired) electrons. The van der Waals surface area contributed by atoms with Crippen molar-refractivity contribution in [3.63, 3.8) is 0 Å². The van der Waals surface area contributed by atoms with Crippen molar-refractivity contribution in [3.05, 3.63) is 70.7 Å². The number of aromatic nitrogens is 1. The molecule has 1 fully saturated rings. The van der Waals surface area contributed by atoms with Crippen LogP contribution in [0.15, 0.2) is 54.6 Å².